The lowest BCUT2D eigenvalue weighted by atomic mass is 10.2. The van der Waals surface area contributed by atoms with Gasteiger partial charge in [-0.05, 0) is 44.9 Å². The smallest absolute Gasteiger partial charge is 0.146 e. The van der Waals surface area contributed by atoms with E-state index in [1.807, 2.05) is 6.92 Å². The summed E-state index contributed by atoms with van der Waals surface area (Å²) in [5, 5.41) is 1.75. The molecule has 5 heteroatoms. The van der Waals surface area contributed by atoms with E-state index in [0.29, 0.717) is 11.1 Å². The molecule has 3 rings (SSSR count). The average Bonchev–Trinajstić information content (AvgIpc) is 2.93. The Bertz CT molecular complexity index is 626. The van der Waals surface area contributed by atoms with Gasteiger partial charge in [-0.25, -0.2) is 9.97 Å². The van der Waals surface area contributed by atoms with Crippen LogP contribution in [0, 0.1) is 20.8 Å². The molecule has 2 aromatic rings. The molecule has 1 atom stereocenters. The number of hydrogen-bond donors (Lipinski definition) is 1. The van der Waals surface area contributed by atoms with Crippen LogP contribution in [-0.2, 0) is 6.54 Å². The van der Waals surface area contributed by atoms with Crippen molar-refractivity contribution in [1.82, 2.24) is 14.5 Å². The summed E-state index contributed by atoms with van der Waals surface area (Å²) in [6.07, 6.45) is 2.64. The summed E-state index contributed by atoms with van der Waals surface area (Å²) in [7, 11) is 0. The number of anilines is 1. The third-order valence-electron chi connectivity index (χ3n) is 4.02. The zero-order chi connectivity index (χ0) is 13.6. The third kappa shape index (κ3) is 2.10. The van der Waals surface area contributed by atoms with Gasteiger partial charge in [-0.2, -0.15) is 11.8 Å². The maximum atomic E-state index is 6.08. The van der Waals surface area contributed by atoms with Crippen LogP contribution in [0.5, 0.6) is 0 Å². The molecule has 0 radical (unpaired) electrons. The van der Waals surface area contributed by atoms with E-state index >= 15 is 0 Å². The fourth-order valence-electron chi connectivity index (χ4n) is 2.89. The minimum atomic E-state index is 0.612. The molecule has 4 nitrogen and oxygen atoms in total. The number of nitrogens with two attached hydrogens (primary N) is 1. The predicted molar refractivity (Wildman–Crippen MR) is 81.6 cm³/mol. The van der Waals surface area contributed by atoms with Gasteiger partial charge < -0.3 is 10.3 Å². The number of hydrogen-bond acceptors (Lipinski definition) is 4. The van der Waals surface area contributed by atoms with E-state index in [-0.39, 0.29) is 0 Å². The molecule has 2 N–H and O–H groups in total. The molecule has 0 amide bonds. The van der Waals surface area contributed by atoms with Gasteiger partial charge >= 0.3 is 0 Å². The van der Waals surface area contributed by atoms with Crippen molar-refractivity contribution in [2.45, 2.75) is 45.4 Å². The third-order valence-corrected chi connectivity index (χ3v) is 5.40. The Morgan fingerprint density at radius 2 is 2.11 bits per heavy atom. The SMILES string of the molecule is Cc1nc(N)c2c(C)c(C)n(CC3CCCS3)c2n1. The largest absolute Gasteiger partial charge is 0.383 e. The number of nitrogens with zero attached hydrogens (tertiary/aromatic N) is 3. The average molecular weight is 276 g/mol. The van der Waals surface area contributed by atoms with E-state index in [9.17, 15) is 0 Å². The zero-order valence-electron chi connectivity index (χ0n) is 11.7. The van der Waals surface area contributed by atoms with Gasteiger partial charge in [-0.1, -0.05) is 0 Å². The summed E-state index contributed by atoms with van der Waals surface area (Å²) in [5.41, 5.74) is 9.58. The first-order valence-corrected chi connectivity index (χ1v) is 7.84. The maximum Gasteiger partial charge on any atom is 0.146 e. The van der Waals surface area contributed by atoms with Crippen molar-refractivity contribution in [3.8, 4) is 0 Å². The van der Waals surface area contributed by atoms with Crippen LogP contribution < -0.4 is 5.73 Å². The molecular formula is C14H20N4S. The number of aromatic nitrogens is 3. The minimum absolute atomic E-state index is 0.612. The molecule has 1 saturated heterocycles. The summed E-state index contributed by atoms with van der Waals surface area (Å²) in [4.78, 5) is 8.92. The lowest BCUT2D eigenvalue weighted by molar-refractivity contribution is 0.638. The normalized spacial score (nSPS) is 19.4. The van der Waals surface area contributed by atoms with Crippen molar-refractivity contribution in [3.63, 3.8) is 0 Å². The molecule has 19 heavy (non-hydrogen) atoms. The van der Waals surface area contributed by atoms with E-state index in [1.54, 1.807) is 0 Å². The van der Waals surface area contributed by atoms with Crippen LogP contribution in [-0.4, -0.2) is 25.5 Å². The highest BCUT2D eigenvalue weighted by Crippen LogP contribution is 2.32. The summed E-state index contributed by atoms with van der Waals surface area (Å²) in [6, 6.07) is 0. The molecule has 1 aliphatic rings. The highest BCUT2D eigenvalue weighted by Gasteiger charge is 2.21. The van der Waals surface area contributed by atoms with Crippen LogP contribution in [0.4, 0.5) is 5.82 Å². The van der Waals surface area contributed by atoms with Gasteiger partial charge in [-0.3, -0.25) is 0 Å². The van der Waals surface area contributed by atoms with Gasteiger partial charge in [0.2, 0.25) is 0 Å². The van der Waals surface area contributed by atoms with Gasteiger partial charge in [0.1, 0.15) is 17.3 Å². The van der Waals surface area contributed by atoms with Crippen molar-refractivity contribution in [2.24, 2.45) is 0 Å². The van der Waals surface area contributed by atoms with Gasteiger partial charge in [0.15, 0.2) is 0 Å². The fraction of sp³-hybridized carbons (Fsp3) is 0.571. The molecule has 3 heterocycles. The van der Waals surface area contributed by atoms with E-state index in [0.717, 1.165) is 23.4 Å². The molecule has 0 aliphatic carbocycles. The van der Waals surface area contributed by atoms with E-state index in [4.69, 9.17) is 5.73 Å². The quantitative estimate of drug-likeness (QED) is 0.916. The van der Waals surface area contributed by atoms with Gasteiger partial charge in [0.25, 0.3) is 0 Å². The molecular weight excluding hydrogens is 256 g/mol. The highest BCUT2D eigenvalue weighted by atomic mass is 32.2. The van der Waals surface area contributed by atoms with Crippen molar-refractivity contribution < 1.29 is 0 Å². The van der Waals surface area contributed by atoms with Crippen LogP contribution >= 0.6 is 11.8 Å². The lowest BCUT2D eigenvalue weighted by Crippen LogP contribution is -2.12. The number of rotatable bonds is 2. The predicted octanol–water partition coefficient (Wildman–Crippen LogP) is 2.83. The van der Waals surface area contributed by atoms with E-state index in [2.05, 4.69) is 40.1 Å². The van der Waals surface area contributed by atoms with Crippen LogP contribution in [0.3, 0.4) is 0 Å². The second-order valence-corrected chi connectivity index (χ2v) is 6.72. The Kier molecular flexibility index (Phi) is 3.17. The Balaban J connectivity index is 2.14. The number of aryl methyl sites for hydroxylation is 2. The maximum absolute atomic E-state index is 6.08. The van der Waals surface area contributed by atoms with Crippen LogP contribution in [0.2, 0.25) is 0 Å². The minimum Gasteiger partial charge on any atom is -0.383 e. The molecule has 0 bridgehead atoms. The van der Waals surface area contributed by atoms with Crippen LogP contribution in [0.1, 0.15) is 29.9 Å². The van der Waals surface area contributed by atoms with Crippen LogP contribution in [0.15, 0.2) is 0 Å². The van der Waals surface area contributed by atoms with Crippen molar-refractivity contribution >= 4 is 28.6 Å². The van der Waals surface area contributed by atoms with Gasteiger partial charge in [-0.15, -0.1) is 0 Å². The zero-order valence-corrected chi connectivity index (χ0v) is 12.5. The highest BCUT2D eigenvalue weighted by molar-refractivity contribution is 8.00. The van der Waals surface area contributed by atoms with Gasteiger partial charge in [0, 0.05) is 17.5 Å². The topological polar surface area (TPSA) is 56.7 Å². The molecule has 0 spiro atoms. The summed E-state index contributed by atoms with van der Waals surface area (Å²) in [6.45, 7) is 7.22. The molecule has 2 aromatic heterocycles. The fourth-order valence-corrected chi connectivity index (χ4v) is 4.15. The van der Waals surface area contributed by atoms with Gasteiger partial charge in [0.05, 0.1) is 5.39 Å². The first kappa shape index (κ1) is 12.8. The summed E-state index contributed by atoms with van der Waals surface area (Å²) < 4.78 is 2.33. The Labute approximate surface area is 117 Å². The van der Waals surface area contributed by atoms with E-state index in [1.165, 1.54) is 29.9 Å². The Morgan fingerprint density at radius 1 is 1.32 bits per heavy atom. The molecule has 1 aliphatic heterocycles. The van der Waals surface area contributed by atoms with Crippen molar-refractivity contribution in [3.05, 3.63) is 17.1 Å². The Morgan fingerprint density at radius 3 is 2.79 bits per heavy atom. The number of nitrogen functional groups attached to an aromatic ring is 1. The van der Waals surface area contributed by atoms with Crippen molar-refractivity contribution in [2.75, 3.05) is 11.5 Å². The molecule has 0 aromatic carbocycles. The van der Waals surface area contributed by atoms with Crippen LogP contribution in [0.25, 0.3) is 11.0 Å². The summed E-state index contributed by atoms with van der Waals surface area (Å²) in [5.74, 6) is 2.65. The van der Waals surface area contributed by atoms with Crippen molar-refractivity contribution in [1.29, 1.82) is 0 Å². The second kappa shape index (κ2) is 4.71. The first-order chi connectivity index (χ1) is 9.08. The second-order valence-electron chi connectivity index (χ2n) is 5.31. The molecule has 1 fully saturated rings. The number of thioether (sulfide) groups is 1. The molecule has 0 saturated carbocycles. The summed E-state index contributed by atoms with van der Waals surface area (Å²) >= 11 is 2.08. The monoisotopic (exact) mass is 276 g/mol. The lowest BCUT2D eigenvalue weighted by Gasteiger charge is -2.13. The van der Waals surface area contributed by atoms with E-state index < -0.39 is 0 Å². The Hall–Kier alpha value is -1.23. The molecule has 102 valence electrons. The number of fused-ring (bicyclic) bond motifs is 1. The first-order valence-electron chi connectivity index (χ1n) is 6.79. The standard InChI is InChI=1S/C14H20N4S/c1-8-9(2)18(7-11-5-4-6-19-11)14-12(8)13(15)16-10(3)17-14/h11H,4-7H2,1-3H3,(H2,15,16,17). The molecule has 1 unspecified atom stereocenters.